The van der Waals surface area contributed by atoms with Crippen molar-refractivity contribution in [3.05, 3.63) is 0 Å². The van der Waals surface area contributed by atoms with Gasteiger partial charge >= 0.3 is 0 Å². The third-order valence-corrected chi connectivity index (χ3v) is 6.00. The Balaban J connectivity index is 2.86. The molecule has 1 N–H and O–H groups in total. The summed E-state index contributed by atoms with van der Waals surface area (Å²) in [5.74, 6) is 0.262. The van der Waals surface area contributed by atoms with Gasteiger partial charge in [0.1, 0.15) is 0 Å². The van der Waals surface area contributed by atoms with Gasteiger partial charge in [-0.25, -0.2) is 8.42 Å². The Morgan fingerprint density at radius 1 is 1.31 bits per heavy atom. The molecule has 0 aromatic carbocycles. The summed E-state index contributed by atoms with van der Waals surface area (Å²) in [5, 5.41) is 3.25. The second-order valence-corrected chi connectivity index (χ2v) is 7.96. The maximum atomic E-state index is 12.0. The summed E-state index contributed by atoms with van der Waals surface area (Å²) in [5.41, 5.74) is 0.0993. The molecule has 0 aromatic rings. The second-order valence-electron chi connectivity index (χ2n) is 5.45. The smallest absolute Gasteiger partial charge is 0.154 e. The van der Waals surface area contributed by atoms with Crippen molar-refractivity contribution in [1.29, 1.82) is 0 Å². The van der Waals surface area contributed by atoms with Crippen LogP contribution in [0, 0.1) is 5.41 Å². The van der Waals surface area contributed by atoms with Gasteiger partial charge in [-0.2, -0.15) is 0 Å². The van der Waals surface area contributed by atoms with Crippen LogP contribution in [-0.2, 0) is 9.84 Å². The SMILES string of the molecule is CCCNC1C(S(=O)(=O)CC)CCC1(C)C. The van der Waals surface area contributed by atoms with Gasteiger partial charge in [0.05, 0.1) is 5.25 Å². The minimum Gasteiger partial charge on any atom is -0.312 e. The van der Waals surface area contributed by atoms with Crippen molar-refractivity contribution in [2.45, 2.75) is 58.2 Å². The largest absolute Gasteiger partial charge is 0.312 e. The molecule has 1 saturated carbocycles. The molecule has 0 amide bonds. The van der Waals surface area contributed by atoms with E-state index in [1.54, 1.807) is 6.92 Å². The molecule has 16 heavy (non-hydrogen) atoms. The quantitative estimate of drug-likeness (QED) is 0.808. The van der Waals surface area contributed by atoms with Gasteiger partial charge in [0, 0.05) is 11.8 Å². The fraction of sp³-hybridized carbons (Fsp3) is 1.00. The minimum atomic E-state index is -2.91. The molecule has 0 aromatic heterocycles. The van der Waals surface area contributed by atoms with Crippen molar-refractivity contribution >= 4 is 9.84 Å². The molecule has 3 nitrogen and oxygen atoms in total. The lowest BCUT2D eigenvalue weighted by atomic mass is 9.87. The molecule has 96 valence electrons. The zero-order chi connectivity index (χ0) is 12.4. The number of hydrogen-bond donors (Lipinski definition) is 1. The molecule has 0 radical (unpaired) electrons. The number of hydrogen-bond acceptors (Lipinski definition) is 3. The first-order valence-electron chi connectivity index (χ1n) is 6.30. The van der Waals surface area contributed by atoms with E-state index in [0.29, 0.717) is 0 Å². The van der Waals surface area contributed by atoms with Crippen LogP contribution in [0.5, 0.6) is 0 Å². The van der Waals surface area contributed by atoms with E-state index in [4.69, 9.17) is 0 Å². The average Bonchev–Trinajstić information content (AvgIpc) is 2.51. The normalized spacial score (nSPS) is 29.5. The number of nitrogens with one attached hydrogen (secondary N) is 1. The van der Waals surface area contributed by atoms with Gasteiger partial charge in [0.2, 0.25) is 0 Å². The van der Waals surface area contributed by atoms with Gasteiger partial charge in [0.15, 0.2) is 9.84 Å². The van der Waals surface area contributed by atoms with E-state index >= 15 is 0 Å². The van der Waals surface area contributed by atoms with Gasteiger partial charge in [-0.3, -0.25) is 0 Å². The topological polar surface area (TPSA) is 46.2 Å². The van der Waals surface area contributed by atoms with Crippen LogP contribution in [0.25, 0.3) is 0 Å². The highest BCUT2D eigenvalue weighted by Gasteiger charge is 2.46. The Morgan fingerprint density at radius 3 is 2.44 bits per heavy atom. The molecule has 1 fully saturated rings. The average molecular weight is 247 g/mol. The molecule has 0 aliphatic heterocycles. The highest BCUT2D eigenvalue weighted by molar-refractivity contribution is 7.92. The molecule has 0 spiro atoms. The highest BCUT2D eigenvalue weighted by atomic mass is 32.2. The van der Waals surface area contributed by atoms with Crippen LogP contribution >= 0.6 is 0 Å². The zero-order valence-corrected chi connectivity index (χ0v) is 11.7. The standard InChI is InChI=1S/C12H25NO2S/c1-5-9-13-11-10(16(14,15)6-2)7-8-12(11,3)4/h10-11,13H,5-9H2,1-4H3. The lowest BCUT2D eigenvalue weighted by molar-refractivity contribution is 0.285. The molecule has 0 bridgehead atoms. The number of sulfone groups is 1. The van der Waals surface area contributed by atoms with Crippen LogP contribution in [0.4, 0.5) is 0 Å². The van der Waals surface area contributed by atoms with Gasteiger partial charge in [-0.05, 0) is 31.2 Å². The van der Waals surface area contributed by atoms with Crippen molar-refractivity contribution in [1.82, 2.24) is 5.32 Å². The van der Waals surface area contributed by atoms with Gasteiger partial charge in [0.25, 0.3) is 0 Å². The molecule has 2 atom stereocenters. The molecule has 4 heteroatoms. The summed E-state index contributed by atoms with van der Waals surface area (Å²) in [6.07, 6.45) is 2.86. The third kappa shape index (κ3) is 2.77. The minimum absolute atomic E-state index is 0.0993. The Labute approximate surface area is 99.9 Å². The van der Waals surface area contributed by atoms with E-state index in [0.717, 1.165) is 25.8 Å². The Hall–Kier alpha value is -0.0900. The molecule has 0 saturated heterocycles. The fourth-order valence-corrected chi connectivity index (χ4v) is 4.43. The predicted molar refractivity (Wildman–Crippen MR) is 68.3 cm³/mol. The summed E-state index contributed by atoms with van der Waals surface area (Å²) < 4.78 is 24.0. The van der Waals surface area contributed by atoms with Crippen molar-refractivity contribution in [2.24, 2.45) is 5.41 Å². The predicted octanol–water partition coefficient (Wildman–Crippen LogP) is 1.98. The number of rotatable bonds is 5. The van der Waals surface area contributed by atoms with Crippen molar-refractivity contribution in [3.63, 3.8) is 0 Å². The van der Waals surface area contributed by atoms with Crippen molar-refractivity contribution in [3.8, 4) is 0 Å². The van der Waals surface area contributed by atoms with Crippen LogP contribution in [0.15, 0.2) is 0 Å². The van der Waals surface area contributed by atoms with Crippen molar-refractivity contribution in [2.75, 3.05) is 12.3 Å². The molecule has 1 aliphatic carbocycles. The summed E-state index contributed by atoms with van der Waals surface area (Å²) in [4.78, 5) is 0. The first kappa shape index (κ1) is 14.0. The van der Waals surface area contributed by atoms with E-state index in [9.17, 15) is 8.42 Å². The zero-order valence-electron chi connectivity index (χ0n) is 10.9. The summed E-state index contributed by atoms with van der Waals surface area (Å²) in [6.45, 7) is 9.11. The molecule has 1 aliphatic rings. The van der Waals surface area contributed by atoms with Gasteiger partial charge < -0.3 is 5.32 Å². The second kappa shape index (κ2) is 5.05. The van der Waals surface area contributed by atoms with E-state index < -0.39 is 9.84 Å². The highest BCUT2D eigenvalue weighted by Crippen LogP contribution is 2.40. The molecule has 0 heterocycles. The first-order valence-corrected chi connectivity index (χ1v) is 8.01. The maximum absolute atomic E-state index is 12.0. The molecular formula is C12H25NO2S. The van der Waals surface area contributed by atoms with Gasteiger partial charge in [-0.15, -0.1) is 0 Å². The van der Waals surface area contributed by atoms with Crippen molar-refractivity contribution < 1.29 is 8.42 Å². The summed E-state index contributed by atoms with van der Waals surface area (Å²) in [6, 6.07) is 0.123. The van der Waals surface area contributed by atoms with Crippen LogP contribution in [0.1, 0.15) is 47.0 Å². The fourth-order valence-electron chi connectivity index (χ4n) is 2.65. The monoisotopic (exact) mass is 247 g/mol. The maximum Gasteiger partial charge on any atom is 0.154 e. The Bertz CT molecular complexity index is 322. The van der Waals surface area contributed by atoms with Crippen LogP contribution in [0.3, 0.4) is 0 Å². The molecule has 2 unspecified atom stereocenters. The summed E-state index contributed by atoms with van der Waals surface area (Å²) >= 11 is 0. The molecule has 1 rings (SSSR count). The van der Waals surface area contributed by atoms with E-state index in [1.165, 1.54) is 0 Å². The molecular weight excluding hydrogens is 222 g/mol. The Morgan fingerprint density at radius 2 is 1.94 bits per heavy atom. The van der Waals surface area contributed by atoms with E-state index in [-0.39, 0.29) is 22.5 Å². The summed E-state index contributed by atoms with van der Waals surface area (Å²) in [7, 11) is -2.91. The van der Waals surface area contributed by atoms with Crippen LogP contribution < -0.4 is 5.32 Å². The van der Waals surface area contributed by atoms with Crippen LogP contribution in [0.2, 0.25) is 0 Å². The first-order chi connectivity index (χ1) is 7.35. The van der Waals surface area contributed by atoms with Gasteiger partial charge in [-0.1, -0.05) is 27.7 Å². The van der Waals surface area contributed by atoms with Crippen LogP contribution in [-0.4, -0.2) is 32.0 Å². The lowest BCUT2D eigenvalue weighted by Crippen LogP contribution is -2.48. The third-order valence-electron chi connectivity index (χ3n) is 3.76. The van der Waals surface area contributed by atoms with E-state index in [1.807, 2.05) is 0 Å². The van der Waals surface area contributed by atoms with E-state index in [2.05, 4.69) is 26.1 Å². The lowest BCUT2D eigenvalue weighted by Gasteiger charge is -2.31. The Kier molecular flexibility index (Phi) is 4.41.